The van der Waals surface area contributed by atoms with E-state index in [9.17, 15) is 4.79 Å². The minimum atomic E-state index is -0.373. The second-order valence-corrected chi connectivity index (χ2v) is 6.89. The molecular formula is C21H23N5O. The average molecular weight is 361 g/mol. The van der Waals surface area contributed by atoms with Gasteiger partial charge in [-0.3, -0.25) is 4.79 Å². The molecule has 1 aliphatic heterocycles. The predicted molar refractivity (Wildman–Crippen MR) is 104 cm³/mol. The smallest absolute Gasteiger partial charge is 0.244 e. The molecule has 0 saturated carbocycles. The Morgan fingerprint density at radius 3 is 2.70 bits per heavy atom. The van der Waals surface area contributed by atoms with Crippen LogP contribution < -0.4 is 10.2 Å². The minimum absolute atomic E-state index is 0.0711. The predicted octanol–water partition coefficient (Wildman–Crippen LogP) is 2.72. The van der Waals surface area contributed by atoms with E-state index in [1.165, 1.54) is 23.1 Å². The van der Waals surface area contributed by atoms with Gasteiger partial charge in [-0.05, 0) is 36.1 Å². The fourth-order valence-electron chi connectivity index (χ4n) is 3.43. The molecule has 0 radical (unpaired) electrons. The Hall–Kier alpha value is -3.15. The van der Waals surface area contributed by atoms with Crippen molar-refractivity contribution < 1.29 is 4.79 Å². The highest BCUT2D eigenvalue weighted by atomic mass is 16.2. The molecule has 27 heavy (non-hydrogen) atoms. The third-order valence-electron chi connectivity index (χ3n) is 5.06. The van der Waals surface area contributed by atoms with Crippen molar-refractivity contribution in [3.8, 4) is 0 Å². The van der Waals surface area contributed by atoms with Gasteiger partial charge in [0, 0.05) is 25.3 Å². The molecule has 2 aromatic carbocycles. The molecule has 1 aliphatic rings. The summed E-state index contributed by atoms with van der Waals surface area (Å²) in [5.74, 6) is -0.0711. The Bertz CT molecular complexity index is 905. The molecule has 0 fully saturated rings. The van der Waals surface area contributed by atoms with E-state index in [0.717, 1.165) is 25.1 Å². The molecule has 0 aliphatic carbocycles. The Balaban J connectivity index is 1.32. The van der Waals surface area contributed by atoms with E-state index >= 15 is 0 Å². The van der Waals surface area contributed by atoms with Crippen LogP contribution in [0.3, 0.4) is 0 Å². The number of carbonyl (C=O) groups is 1. The lowest BCUT2D eigenvalue weighted by atomic mass is 10.1. The number of fused-ring (bicyclic) bond motifs is 1. The van der Waals surface area contributed by atoms with E-state index in [4.69, 9.17) is 0 Å². The summed E-state index contributed by atoms with van der Waals surface area (Å²) in [6.45, 7) is 4.29. The van der Waals surface area contributed by atoms with Crippen molar-refractivity contribution in [1.82, 2.24) is 20.1 Å². The Kier molecular flexibility index (Phi) is 4.87. The van der Waals surface area contributed by atoms with Crippen LogP contribution in [0.25, 0.3) is 0 Å². The maximum atomic E-state index is 12.2. The molecule has 1 N–H and O–H groups in total. The van der Waals surface area contributed by atoms with Gasteiger partial charge in [-0.2, -0.15) is 5.10 Å². The monoisotopic (exact) mass is 361 g/mol. The van der Waals surface area contributed by atoms with Gasteiger partial charge in [-0.25, -0.2) is 9.67 Å². The van der Waals surface area contributed by atoms with Gasteiger partial charge in [-0.1, -0.05) is 42.5 Å². The first-order valence-electron chi connectivity index (χ1n) is 9.23. The maximum Gasteiger partial charge on any atom is 0.244 e. The van der Waals surface area contributed by atoms with Crippen molar-refractivity contribution >= 4 is 11.6 Å². The van der Waals surface area contributed by atoms with Crippen molar-refractivity contribution in [1.29, 1.82) is 0 Å². The SMILES string of the molecule is C[C@H](C(=O)NCc1ccc(CN2CCc3ccccc32)cc1)n1cncn1. The highest BCUT2D eigenvalue weighted by molar-refractivity contribution is 5.79. The van der Waals surface area contributed by atoms with Crippen LogP contribution in [0.2, 0.25) is 0 Å². The molecule has 2 heterocycles. The van der Waals surface area contributed by atoms with Crippen LogP contribution in [0.1, 0.15) is 29.7 Å². The maximum absolute atomic E-state index is 12.2. The molecule has 3 aromatic rings. The van der Waals surface area contributed by atoms with Gasteiger partial charge in [0.25, 0.3) is 0 Å². The van der Waals surface area contributed by atoms with Crippen LogP contribution in [-0.4, -0.2) is 27.2 Å². The normalized spacial score (nSPS) is 14.0. The number of hydrogen-bond acceptors (Lipinski definition) is 4. The molecule has 0 unspecified atom stereocenters. The van der Waals surface area contributed by atoms with Gasteiger partial charge in [0.05, 0.1) is 0 Å². The largest absolute Gasteiger partial charge is 0.367 e. The van der Waals surface area contributed by atoms with Gasteiger partial charge >= 0.3 is 0 Å². The number of hydrogen-bond donors (Lipinski definition) is 1. The Morgan fingerprint density at radius 2 is 1.93 bits per heavy atom. The third-order valence-corrected chi connectivity index (χ3v) is 5.06. The highest BCUT2D eigenvalue weighted by Gasteiger charge is 2.18. The number of aromatic nitrogens is 3. The summed E-state index contributed by atoms with van der Waals surface area (Å²) >= 11 is 0. The lowest BCUT2D eigenvalue weighted by Crippen LogP contribution is -2.30. The van der Waals surface area contributed by atoms with Gasteiger partial charge < -0.3 is 10.2 Å². The summed E-state index contributed by atoms with van der Waals surface area (Å²) in [6.07, 6.45) is 4.10. The molecule has 6 nitrogen and oxygen atoms in total. The summed E-state index contributed by atoms with van der Waals surface area (Å²) in [4.78, 5) is 18.5. The van der Waals surface area contributed by atoms with Crippen LogP contribution in [0.4, 0.5) is 5.69 Å². The quantitative estimate of drug-likeness (QED) is 0.733. The van der Waals surface area contributed by atoms with Crippen LogP contribution in [0.15, 0.2) is 61.2 Å². The zero-order valence-electron chi connectivity index (χ0n) is 15.4. The number of carbonyl (C=O) groups excluding carboxylic acids is 1. The lowest BCUT2D eigenvalue weighted by molar-refractivity contribution is -0.124. The fourth-order valence-corrected chi connectivity index (χ4v) is 3.43. The fraction of sp³-hybridized carbons (Fsp3) is 0.286. The second-order valence-electron chi connectivity index (χ2n) is 6.89. The van der Waals surface area contributed by atoms with Gasteiger partial charge in [0.15, 0.2) is 0 Å². The number of nitrogens with zero attached hydrogens (tertiary/aromatic N) is 4. The third kappa shape index (κ3) is 3.84. The molecule has 6 heteroatoms. The van der Waals surface area contributed by atoms with Gasteiger partial charge in [0.2, 0.25) is 5.91 Å². The van der Waals surface area contributed by atoms with Crippen LogP contribution in [0.5, 0.6) is 0 Å². The van der Waals surface area contributed by atoms with Crippen LogP contribution in [-0.2, 0) is 24.3 Å². The molecule has 0 bridgehead atoms. The van der Waals surface area contributed by atoms with Gasteiger partial charge in [-0.15, -0.1) is 0 Å². The first-order valence-corrected chi connectivity index (χ1v) is 9.23. The summed E-state index contributed by atoms with van der Waals surface area (Å²) in [6, 6.07) is 16.7. The molecule has 4 rings (SSSR count). The van der Waals surface area contributed by atoms with Crippen molar-refractivity contribution in [3.05, 3.63) is 77.9 Å². The second kappa shape index (κ2) is 7.61. The summed E-state index contributed by atoms with van der Waals surface area (Å²) in [7, 11) is 0. The number of nitrogens with one attached hydrogen (secondary N) is 1. The molecule has 0 saturated heterocycles. The van der Waals surface area contributed by atoms with E-state index < -0.39 is 0 Å². The minimum Gasteiger partial charge on any atom is -0.367 e. The molecule has 0 spiro atoms. The first-order chi connectivity index (χ1) is 13.2. The summed E-state index contributed by atoms with van der Waals surface area (Å²) in [5.41, 5.74) is 5.13. The molecule has 1 atom stereocenters. The van der Waals surface area contributed by atoms with E-state index in [1.807, 2.05) is 0 Å². The average Bonchev–Trinajstić information content (AvgIpc) is 3.37. The van der Waals surface area contributed by atoms with Crippen molar-refractivity contribution in [2.75, 3.05) is 11.4 Å². The van der Waals surface area contributed by atoms with Crippen molar-refractivity contribution in [3.63, 3.8) is 0 Å². The zero-order chi connectivity index (χ0) is 18.6. The van der Waals surface area contributed by atoms with E-state index in [1.54, 1.807) is 17.9 Å². The molecule has 1 aromatic heterocycles. The zero-order valence-corrected chi connectivity index (χ0v) is 15.4. The van der Waals surface area contributed by atoms with Gasteiger partial charge in [0.1, 0.15) is 18.7 Å². The Labute approximate surface area is 158 Å². The van der Waals surface area contributed by atoms with E-state index in [-0.39, 0.29) is 11.9 Å². The number of amides is 1. The lowest BCUT2D eigenvalue weighted by Gasteiger charge is -2.19. The first kappa shape index (κ1) is 17.3. The molecule has 138 valence electrons. The van der Waals surface area contributed by atoms with Crippen molar-refractivity contribution in [2.45, 2.75) is 32.5 Å². The number of anilines is 1. The van der Waals surface area contributed by atoms with Crippen LogP contribution in [0, 0.1) is 0 Å². The molecular weight excluding hydrogens is 338 g/mol. The Morgan fingerprint density at radius 1 is 1.15 bits per heavy atom. The van der Waals surface area contributed by atoms with Crippen LogP contribution >= 0.6 is 0 Å². The van der Waals surface area contributed by atoms with Crippen molar-refractivity contribution in [2.24, 2.45) is 0 Å². The summed E-state index contributed by atoms with van der Waals surface area (Å²) in [5, 5.41) is 6.96. The standard InChI is InChI=1S/C21H23N5O/c1-16(26-15-22-14-24-26)21(27)23-12-17-6-8-18(9-7-17)13-25-11-10-19-4-2-3-5-20(19)25/h2-9,14-16H,10-13H2,1H3,(H,23,27)/t16-/m1/s1. The topological polar surface area (TPSA) is 63.1 Å². The molecule has 1 amide bonds. The summed E-state index contributed by atoms with van der Waals surface area (Å²) < 4.78 is 1.55. The van der Waals surface area contributed by atoms with E-state index in [2.05, 4.69) is 68.8 Å². The van der Waals surface area contributed by atoms with E-state index in [0.29, 0.717) is 6.54 Å². The number of benzene rings is 2. The highest BCUT2D eigenvalue weighted by Crippen LogP contribution is 2.28. The number of para-hydroxylation sites is 1. The number of rotatable bonds is 6.